The monoisotopic (exact) mass is 457 g/mol. The molecule has 1 saturated heterocycles. The van der Waals surface area contributed by atoms with Crippen molar-refractivity contribution in [3.63, 3.8) is 0 Å². The summed E-state index contributed by atoms with van der Waals surface area (Å²) in [7, 11) is 0. The summed E-state index contributed by atoms with van der Waals surface area (Å²) in [5, 5.41) is 13.6. The van der Waals surface area contributed by atoms with Crippen molar-refractivity contribution in [3.05, 3.63) is 35.0 Å². The number of nitrogens with zero attached hydrogens (tertiary/aromatic N) is 2. The Labute approximate surface area is 191 Å². The van der Waals surface area contributed by atoms with E-state index in [-0.39, 0.29) is 12.1 Å². The highest BCUT2D eigenvalue weighted by atomic mass is 35.5. The molecule has 1 heterocycles. The highest BCUT2D eigenvalue weighted by Crippen LogP contribution is 2.38. The maximum Gasteiger partial charge on any atom is 0.306 e. The van der Waals surface area contributed by atoms with Crippen LogP contribution in [0.1, 0.15) is 58.9 Å². The van der Waals surface area contributed by atoms with Crippen LogP contribution in [-0.2, 0) is 16.0 Å². The Balaban J connectivity index is 1.80. The van der Waals surface area contributed by atoms with Gasteiger partial charge in [-0.15, -0.1) is 23.2 Å². The molecule has 5 nitrogen and oxygen atoms in total. The first-order chi connectivity index (χ1) is 14.1. The third-order valence-electron chi connectivity index (χ3n) is 5.71. The van der Waals surface area contributed by atoms with Crippen LogP contribution in [0.5, 0.6) is 0 Å². The molecule has 1 aromatic carbocycles. The lowest BCUT2D eigenvalue weighted by Gasteiger charge is -2.59. The highest BCUT2D eigenvalue weighted by molar-refractivity contribution is 6.18. The number of piperidine rings is 1. The number of rotatable bonds is 10. The van der Waals surface area contributed by atoms with Gasteiger partial charge in [0.1, 0.15) is 6.10 Å². The maximum atomic E-state index is 12.4. The van der Waals surface area contributed by atoms with Crippen LogP contribution in [0.4, 0.5) is 5.69 Å². The van der Waals surface area contributed by atoms with Crippen molar-refractivity contribution in [2.45, 2.75) is 77.0 Å². The van der Waals surface area contributed by atoms with Crippen molar-refractivity contribution in [3.8, 4) is 0 Å². The lowest BCUT2D eigenvalue weighted by atomic mass is 9.80. The molecule has 0 aliphatic carbocycles. The van der Waals surface area contributed by atoms with E-state index < -0.39 is 11.1 Å². The second-order valence-corrected chi connectivity index (χ2v) is 10.1. The number of halogens is 2. The molecule has 0 saturated carbocycles. The van der Waals surface area contributed by atoms with Gasteiger partial charge >= 0.3 is 5.97 Å². The number of alkyl halides is 2. The molecule has 1 aromatic rings. The molecule has 170 valence electrons. The Hall–Kier alpha value is -1.01. The molecule has 1 aliphatic heterocycles. The Bertz CT molecular complexity index is 656. The van der Waals surface area contributed by atoms with Crippen molar-refractivity contribution in [2.24, 2.45) is 0 Å². The van der Waals surface area contributed by atoms with Gasteiger partial charge in [0.2, 0.25) is 0 Å². The van der Waals surface area contributed by atoms with Gasteiger partial charge in [-0.1, -0.05) is 12.1 Å². The van der Waals surface area contributed by atoms with Crippen molar-refractivity contribution in [2.75, 3.05) is 29.7 Å². The summed E-state index contributed by atoms with van der Waals surface area (Å²) >= 11 is 11.7. The number of hydrogen-bond acceptors (Lipinski definition) is 5. The van der Waals surface area contributed by atoms with Crippen LogP contribution in [-0.4, -0.2) is 53.1 Å². The fourth-order valence-electron chi connectivity index (χ4n) is 4.38. The fraction of sp³-hybridized carbons (Fsp3) is 0.696. The summed E-state index contributed by atoms with van der Waals surface area (Å²) in [4.78, 5) is 14.5. The molecular weight excluding hydrogens is 423 g/mol. The zero-order valence-corrected chi connectivity index (χ0v) is 20.1. The molecule has 1 fully saturated rings. The van der Waals surface area contributed by atoms with E-state index in [1.165, 1.54) is 5.56 Å². The van der Waals surface area contributed by atoms with E-state index in [9.17, 15) is 10.0 Å². The number of carbonyl (C=O) groups excluding carboxylic acids is 1. The first-order valence-electron chi connectivity index (χ1n) is 10.7. The number of aryl methyl sites for hydroxylation is 1. The Morgan fingerprint density at radius 2 is 1.63 bits per heavy atom. The molecule has 0 radical (unpaired) electrons. The van der Waals surface area contributed by atoms with Crippen LogP contribution in [0, 0.1) is 5.21 Å². The number of hydroxylamine groups is 2. The van der Waals surface area contributed by atoms with Gasteiger partial charge in [-0.3, -0.25) is 4.79 Å². The topological polar surface area (TPSA) is 55.8 Å². The summed E-state index contributed by atoms with van der Waals surface area (Å²) < 4.78 is 5.72. The van der Waals surface area contributed by atoms with Crippen LogP contribution in [0.15, 0.2) is 24.3 Å². The summed E-state index contributed by atoms with van der Waals surface area (Å²) in [6, 6.07) is 8.33. The van der Waals surface area contributed by atoms with E-state index in [1.54, 1.807) is 0 Å². The van der Waals surface area contributed by atoms with Crippen molar-refractivity contribution >= 4 is 34.9 Å². The number of hydrogen-bond donors (Lipinski definition) is 0. The zero-order chi connectivity index (χ0) is 22.4. The van der Waals surface area contributed by atoms with E-state index in [4.69, 9.17) is 27.9 Å². The molecule has 0 aromatic heterocycles. The second-order valence-electron chi connectivity index (χ2n) is 9.32. The molecule has 0 bridgehead atoms. The van der Waals surface area contributed by atoms with Gasteiger partial charge < -0.3 is 19.9 Å². The standard InChI is InChI=1S/C23H35Cl2N2O3/c1-22(2)16-20(17-23(3,4)27(22)29)30-21(28)7-5-6-18-8-10-19(11-9-18)26(14-12-24)15-13-25/h8-11,20H,5-7,12-17H2,1-4H3/q-1. The van der Waals surface area contributed by atoms with Crippen LogP contribution < -0.4 is 4.90 Å². The minimum atomic E-state index is -0.532. The van der Waals surface area contributed by atoms with E-state index >= 15 is 0 Å². The minimum Gasteiger partial charge on any atom is -0.784 e. The molecule has 0 amide bonds. The van der Waals surface area contributed by atoms with Gasteiger partial charge in [-0.05, 0) is 58.2 Å². The molecule has 7 heteroatoms. The number of anilines is 1. The maximum absolute atomic E-state index is 12.4. The minimum absolute atomic E-state index is 0.182. The van der Waals surface area contributed by atoms with Gasteiger partial charge in [0.25, 0.3) is 0 Å². The van der Waals surface area contributed by atoms with Crippen molar-refractivity contribution < 1.29 is 9.53 Å². The van der Waals surface area contributed by atoms with Crippen LogP contribution in [0.2, 0.25) is 0 Å². The molecule has 2 rings (SSSR count). The lowest BCUT2D eigenvalue weighted by molar-refractivity contribution is -0.157. The average molecular weight is 458 g/mol. The zero-order valence-electron chi connectivity index (χ0n) is 18.6. The molecule has 0 spiro atoms. The smallest absolute Gasteiger partial charge is 0.306 e. The average Bonchev–Trinajstić information content (AvgIpc) is 2.66. The Kier molecular flexibility index (Phi) is 9.29. The van der Waals surface area contributed by atoms with Gasteiger partial charge in [0.05, 0.1) is 0 Å². The summed E-state index contributed by atoms with van der Waals surface area (Å²) in [5.41, 5.74) is 1.23. The number of ether oxygens (including phenoxy) is 1. The quantitative estimate of drug-likeness (QED) is 0.349. The number of esters is 1. The highest BCUT2D eigenvalue weighted by Gasteiger charge is 2.41. The van der Waals surface area contributed by atoms with E-state index in [0.29, 0.717) is 31.0 Å². The molecule has 0 atom stereocenters. The lowest BCUT2D eigenvalue weighted by Crippen LogP contribution is -2.59. The van der Waals surface area contributed by atoms with Crippen LogP contribution >= 0.6 is 23.2 Å². The van der Waals surface area contributed by atoms with Gasteiger partial charge in [0, 0.05) is 60.9 Å². The van der Waals surface area contributed by atoms with E-state index in [1.807, 2.05) is 27.7 Å². The predicted molar refractivity (Wildman–Crippen MR) is 126 cm³/mol. The summed E-state index contributed by atoms with van der Waals surface area (Å²) in [6.45, 7) is 9.16. The van der Waals surface area contributed by atoms with Crippen molar-refractivity contribution in [1.29, 1.82) is 0 Å². The number of carbonyl (C=O) groups is 1. The Morgan fingerprint density at radius 3 is 2.13 bits per heavy atom. The van der Waals surface area contributed by atoms with Gasteiger partial charge in [-0.2, -0.15) is 0 Å². The predicted octanol–water partition coefficient (Wildman–Crippen LogP) is 5.36. The third-order valence-corrected chi connectivity index (χ3v) is 6.05. The molecule has 0 N–H and O–H groups in total. The fourth-order valence-corrected chi connectivity index (χ4v) is 4.79. The molecule has 1 aliphatic rings. The van der Waals surface area contributed by atoms with E-state index in [2.05, 4.69) is 29.2 Å². The molecule has 30 heavy (non-hydrogen) atoms. The van der Waals surface area contributed by atoms with Crippen molar-refractivity contribution in [1.82, 2.24) is 5.06 Å². The van der Waals surface area contributed by atoms with Crippen LogP contribution in [0.3, 0.4) is 0 Å². The Morgan fingerprint density at radius 1 is 1.10 bits per heavy atom. The van der Waals surface area contributed by atoms with Crippen LogP contribution in [0.25, 0.3) is 0 Å². The normalized spacial score (nSPS) is 18.9. The second kappa shape index (κ2) is 11.0. The largest absolute Gasteiger partial charge is 0.784 e. The van der Waals surface area contributed by atoms with Gasteiger partial charge in [0.15, 0.2) is 0 Å². The van der Waals surface area contributed by atoms with Gasteiger partial charge in [-0.25, -0.2) is 0 Å². The molecule has 0 unspecified atom stereocenters. The summed E-state index contributed by atoms with van der Waals surface area (Å²) in [6.07, 6.45) is 2.85. The number of benzene rings is 1. The SMILES string of the molecule is CC1(C)CC(OC(=O)CCCc2ccc(N(CCCl)CCCl)cc2)CC(C)(C)N1[O-]. The van der Waals surface area contributed by atoms with E-state index in [0.717, 1.165) is 36.7 Å². The first kappa shape index (κ1) is 25.3. The summed E-state index contributed by atoms with van der Waals surface area (Å²) in [5.74, 6) is 0.935. The third kappa shape index (κ3) is 7.01. The molecular formula is C23H35Cl2N2O3-. The first-order valence-corrected chi connectivity index (χ1v) is 11.8.